The molecule has 2 aromatic carbocycles. The van der Waals surface area contributed by atoms with Gasteiger partial charge in [0.05, 0.1) is 18.7 Å². The lowest BCUT2D eigenvalue weighted by Crippen LogP contribution is -2.40. The summed E-state index contributed by atoms with van der Waals surface area (Å²) in [6, 6.07) is 15.6. The fraction of sp³-hybridized carbons (Fsp3) is 0.250. The summed E-state index contributed by atoms with van der Waals surface area (Å²) in [7, 11) is 0. The van der Waals surface area contributed by atoms with Crippen LogP contribution >= 0.6 is 0 Å². The van der Waals surface area contributed by atoms with Gasteiger partial charge < -0.3 is 15.0 Å². The van der Waals surface area contributed by atoms with Gasteiger partial charge in [-0.2, -0.15) is 0 Å². The third-order valence-corrected chi connectivity index (χ3v) is 4.50. The number of ether oxygens (including phenoxy) is 1. The summed E-state index contributed by atoms with van der Waals surface area (Å²) in [6.45, 7) is 3.17. The van der Waals surface area contributed by atoms with Crippen LogP contribution in [0.5, 0.6) is 0 Å². The largest absolute Gasteiger partial charge is 0.378 e. The van der Waals surface area contributed by atoms with Crippen molar-refractivity contribution in [3.8, 4) is 0 Å². The molecular formula is C20H20N4O2. The normalized spacial score (nSPS) is 14.4. The van der Waals surface area contributed by atoms with Crippen LogP contribution in [0.3, 0.4) is 0 Å². The molecule has 4 rings (SSSR count). The topological polar surface area (TPSA) is 67.4 Å². The summed E-state index contributed by atoms with van der Waals surface area (Å²) < 4.78 is 5.30. The summed E-state index contributed by atoms with van der Waals surface area (Å²) in [5.74, 6) is 0.874. The molecule has 0 unspecified atom stereocenters. The number of para-hydroxylation sites is 1. The van der Waals surface area contributed by atoms with E-state index in [4.69, 9.17) is 4.74 Å². The van der Waals surface area contributed by atoms with Crippen LogP contribution in [0.25, 0.3) is 10.9 Å². The van der Waals surface area contributed by atoms with E-state index in [0.29, 0.717) is 38.4 Å². The Balaban J connectivity index is 1.43. The van der Waals surface area contributed by atoms with Gasteiger partial charge in [-0.05, 0) is 29.8 Å². The maximum Gasteiger partial charge on any atom is 0.254 e. The number of morpholine rings is 1. The standard InChI is InChI=1S/C20H20N4O2/c25-20(24-9-11-26-12-10-24)16-7-5-15(6-8-16)13-21-19-17-3-1-2-4-18(17)22-14-23-19/h1-8,14H,9-13H2,(H,21,22,23). The number of hydrogen-bond donors (Lipinski definition) is 1. The van der Waals surface area contributed by atoms with Gasteiger partial charge in [0, 0.05) is 30.6 Å². The average molecular weight is 348 g/mol. The zero-order chi connectivity index (χ0) is 17.8. The lowest BCUT2D eigenvalue weighted by Gasteiger charge is -2.26. The van der Waals surface area contributed by atoms with Crippen LogP contribution in [0.1, 0.15) is 15.9 Å². The first-order valence-corrected chi connectivity index (χ1v) is 8.71. The van der Waals surface area contributed by atoms with Crippen LogP contribution in [0, 0.1) is 0 Å². The van der Waals surface area contributed by atoms with E-state index in [9.17, 15) is 4.79 Å². The Morgan fingerprint density at radius 2 is 1.81 bits per heavy atom. The summed E-state index contributed by atoms with van der Waals surface area (Å²) in [5.41, 5.74) is 2.71. The molecule has 0 aliphatic carbocycles. The van der Waals surface area contributed by atoms with Crippen LogP contribution < -0.4 is 5.32 Å². The molecule has 1 aliphatic rings. The van der Waals surface area contributed by atoms with E-state index in [1.165, 1.54) is 0 Å². The van der Waals surface area contributed by atoms with Gasteiger partial charge in [-0.25, -0.2) is 9.97 Å². The highest BCUT2D eigenvalue weighted by atomic mass is 16.5. The average Bonchev–Trinajstić information content (AvgIpc) is 2.73. The number of hydrogen-bond acceptors (Lipinski definition) is 5. The van der Waals surface area contributed by atoms with E-state index in [0.717, 1.165) is 22.3 Å². The summed E-state index contributed by atoms with van der Waals surface area (Å²) in [6.07, 6.45) is 1.56. The molecule has 6 heteroatoms. The molecule has 1 N–H and O–H groups in total. The Labute approximate surface area is 151 Å². The third kappa shape index (κ3) is 3.50. The molecule has 1 saturated heterocycles. The molecule has 6 nitrogen and oxygen atoms in total. The maximum absolute atomic E-state index is 12.5. The minimum Gasteiger partial charge on any atom is -0.378 e. The smallest absolute Gasteiger partial charge is 0.254 e. The molecule has 1 aromatic heterocycles. The monoisotopic (exact) mass is 348 g/mol. The van der Waals surface area contributed by atoms with Crippen molar-refractivity contribution in [2.75, 3.05) is 31.6 Å². The zero-order valence-corrected chi connectivity index (χ0v) is 14.4. The minimum absolute atomic E-state index is 0.0644. The van der Waals surface area contributed by atoms with Crippen molar-refractivity contribution in [2.24, 2.45) is 0 Å². The molecule has 0 radical (unpaired) electrons. The quantitative estimate of drug-likeness (QED) is 0.785. The SMILES string of the molecule is O=C(c1ccc(CNc2ncnc3ccccc23)cc1)N1CCOCC1. The van der Waals surface area contributed by atoms with Gasteiger partial charge in [-0.3, -0.25) is 4.79 Å². The highest BCUT2D eigenvalue weighted by molar-refractivity contribution is 5.94. The second-order valence-electron chi connectivity index (χ2n) is 6.19. The molecule has 132 valence electrons. The number of anilines is 1. The van der Waals surface area contributed by atoms with Crippen LogP contribution in [-0.2, 0) is 11.3 Å². The first-order chi connectivity index (χ1) is 12.8. The van der Waals surface area contributed by atoms with Crippen molar-refractivity contribution < 1.29 is 9.53 Å². The molecule has 1 fully saturated rings. The Hall–Kier alpha value is -2.99. The molecule has 26 heavy (non-hydrogen) atoms. The van der Waals surface area contributed by atoms with Gasteiger partial charge in [0.25, 0.3) is 5.91 Å². The molecule has 0 atom stereocenters. The lowest BCUT2D eigenvalue weighted by molar-refractivity contribution is 0.0303. The van der Waals surface area contributed by atoms with Crippen LogP contribution in [0.2, 0.25) is 0 Å². The highest BCUT2D eigenvalue weighted by Crippen LogP contribution is 2.19. The summed E-state index contributed by atoms with van der Waals surface area (Å²) >= 11 is 0. The molecule has 1 amide bonds. The Bertz CT molecular complexity index is 900. The van der Waals surface area contributed by atoms with Gasteiger partial charge in [0.2, 0.25) is 0 Å². The number of fused-ring (bicyclic) bond motifs is 1. The van der Waals surface area contributed by atoms with Gasteiger partial charge >= 0.3 is 0 Å². The fourth-order valence-electron chi connectivity index (χ4n) is 3.05. The Morgan fingerprint density at radius 1 is 1.04 bits per heavy atom. The van der Waals surface area contributed by atoms with E-state index in [-0.39, 0.29) is 5.91 Å². The molecule has 2 heterocycles. The minimum atomic E-state index is 0.0644. The van der Waals surface area contributed by atoms with E-state index in [1.807, 2.05) is 53.4 Å². The van der Waals surface area contributed by atoms with Gasteiger partial charge in [0.1, 0.15) is 12.1 Å². The van der Waals surface area contributed by atoms with E-state index in [1.54, 1.807) is 6.33 Å². The number of aromatic nitrogens is 2. The Kier molecular flexibility index (Phi) is 4.75. The predicted molar refractivity (Wildman–Crippen MR) is 100 cm³/mol. The molecule has 0 bridgehead atoms. The Morgan fingerprint density at radius 3 is 2.62 bits per heavy atom. The maximum atomic E-state index is 12.5. The van der Waals surface area contributed by atoms with Crippen LogP contribution in [0.4, 0.5) is 5.82 Å². The third-order valence-electron chi connectivity index (χ3n) is 4.50. The van der Waals surface area contributed by atoms with E-state index in [2.05, 4.69) is 15.3 Å². The molecule has 1 aliphatic heterocycles. The van der Waals surface area contributed by atoms with Crippen molar-refractivity contribution in [3.05, 3.63) is 66.0 Å². The van der Waals surface area contributed by atoms with Crippen molar-refractivity contribution in [1.82, 2.24) is 14.9 Å². The van der Waals surface area contributed by atoms with Gasteiger partial charge in [0.15, 0.2) is 0 Å². The number of carbonyl (C=O) groups is 1. The number of benzene rings is 2. The number of nitrogens with one attached hydrogen (secondary N) is 1. The van der Waals surface area contributed by atoms with Crippen molar-refractivity contribution in [2.45, 2.75) is 6.54 Å². The van der Waals surface area contributed by atoms with Crippen LogP contribution in [0.15, 0.2) is 54.9 Å². The lowest BCUT2D eigenvalue weighted by atomic mass is 10.1. The van der Waals surface area contributed by atoms with Gasteiger partial charge in [-0.1, -0.05) is 24.3 Å². The van der Waals surface area contributed by atoms with E-state index < -0.39 is 0 Å². The first-order valence-electron chi connectivity index (χ1n) is 8.71. The number of carbonyl (C=O) groups excluding carboxylic acids is 1. The van der Waals surface area contributed by atoms with Crippen molar-refractivity contribution in [1.29, 1.82) is 0 Å². The molecular weight excluding hydrogens is 328 g/mol. The second-order valence-corrected chi connectivity index (χ2v) is 6.19. The van der Waals surface area contributed by atoms with Crippen molar-refractivity contribution in [3.63, 3.8) is 0 Å². The van der Waals surface area contributed by atoms with Crippen molar-refractivity contribution >= 4 is 22.6 Å². The van der Waals surface area contributed by atoms with Crippen LogP contribution in [-0.4, -0.2) is 47.1 Å². The molecule has 3 aromatic rings. The summed E-state index contributed by atoms with van der Waals surface area (Å²) in [5, 5.41) is 4.35. The summed E-state index contributed by atoms with van der Waals surface area (Å²) in [4.78, 5) is 22.9. The molecule has 0 saturated carbocycles. The second kappa shape index (κ2) is 7.49. The predicted octanol–water partition coefficient (Wildman–Crippen LogP) is 2.71. The first kappa shape index (κ1) is 16.5. The number of nitrogens with zero attached hydrogens (tertiary/aromatic N) is 3. The fourth-order valence-corrected chi connectivity index (χ4v) is 3.05. The number of amides is 1. The highest BCUT2D eigenvalue weighted by Gasteiger charge is 2.18. The van der Waals surface area contributed by atoms with E-state index >= 15 is 0 Å². The number of rotatable bonds is 4. The molecule has 0 spiro atoms. The zero-order valence-electron chi connectivity index (χ0n) is 14.4. The van der Waals surface area contributed by atoms with Gasteiger partial charge in [-0.15, -0.1) is 0 Å².